The Morgan fingerprint density at radius 2 is 1.29 bits per heavy atom. The summed E-state index contributed by atoms with van der Waals surface area (Å²) in [5.41, 5.74) is 14.7. The van der Waals surface area contributed by atoms with Gasteiger partial charge in [-0.1, -0.05) is 0 Å². The molecular weight excluding hydrogens is 436 g/mol. The molecule has 2 heterocycles. The average Bonchev–Trinajstić information content (AvgIpc) is 3.40. The number of nitrogens with zero attached hydrogens (tertiary/aromatic N) is 4. The third-order valence-electron chi connectivity index (χ3n) is 5.00. The zero-order valence-corrected chi connectivity index (χ0v) is 19.4. The van der Waals surface area contributed by atoms with Crippen LogP contribution in [0.4, 0.5) is 11.4 Å². The van der Waals surface area contributed by atoms with Crippen molar-refractivity contribution in [1.82, 2.24) is 19.6 Å². The van der Waals surface area contributed by atoms with E-state index in [9.17, 15) is 9.59 Å². The van der Waals surface area contributed by atoms with Crippen molar-refractivity contribution in [3.8, 4) is 0 Å². The van der Waals surface area contributed by atoms with Crippen LogP contribution in [0.15, 0.2) is 48.8 Å². The maximum absolute atomic E-state index is 11.3. The molecule has 2 aromatic carbocycles. The zero-order chi connectivity index (χ0) is 24.5. The summed E-state index contributed by atoms with van der Waals surface area (Å²) in [5.74, 6) is -0.411. The molecule has 0 spiro atoms. The molecule has 4 N–H and O–H groups in total. The third kappa shape index (κ3) is 6.47. The third-order valence-corrected chi connectivity index (χ3v) is 5.00. The minimum Gasteiger partial charge on any atom is -0.466 e. The molecule has 2 aromatic heterocycles. The number of hydrogen-bond donors (Lipinski definition) is 2. The highest BCUT2D eigenvalue weighted by atomic mass is 16.5. The first-order valence-electron chi connectivity index (χ1n) is 11.1. The second-order valence-electron chi connectivity index (χ2n) is 7.48. The lowest BCUT2D eigenvalue weighted by Gasteiger charge is -2.04. The van der Waals surface area contributed by atoms with E-state index in [-0.39, 0.29) is 11.9 Å². The van der Waals surface area contributed by atoms with E-state index < -0.39 is 0 Å². The smallest absolute Gasteiger partial charge is 0.307 e. The SMILES string of the molecule is CCOC(=O)CCn1ncc2cc(N)ccc21.CCOC(=O)CCn1ncc2ccc(N)cc21. The van der Waals surface area contributed by atoms with Crippen LogP contribution >= 0.6 is 0 Å². The molecule has 0 amide bonds. The summed E-state index contributed by atoms with van der Waals surface area (Å²) in [5, 5.41) is 10.4. The maximum atomic E-state index is 11.3. The molecule has 0 fully saturated rings. The molecule has 34 heavy (non-hydrogen) atoms. The van der Waals surface area contributed by atoms with Gasteiger partial charge in [0.2, 0.25) is 0 Å². The van der Waals surface area contributed by atoms with Gasteiger partial charge in [0.1, 0.15) is 0 Å². The minimum absolute atomic E-state index is 0.202. The van der Waals surface area contributed by atoms with Crippen molar-refractivity contribution < 1.29 is 19.1 Å². The molecular formula is C24H30N6O4. The van der Waals surface area contributed by atoms with Crippen LogP contribution in [0.5, 0.6) is 0 Å². The van der Waals surface area contributed by atoms with Crippen molar-refractivity contribution in [2.75, 3.05) is 24.7 Å². The summed E-state index contributed by atoms with van der Waals surface area (Å²) >= 11 is 0. The first-order chi connectivity index (χ1) is 16.4. The van der Waals surface area contributed by atoms with Crippen molar-refractivity contribution >= 4 is 45.1 Å². The maximum Gasteiger partial charge on any atom is 0.307 e. The van der Waals surface area contributed by atoms with Crippen molar-refractivity contribution in [3.05, 3.63) is 48.8 Å². The van der Waals surface area contributed by atoms with Gasteiger partial charge in [0.15, 0.2) is 0 Å². The molecule has 0 aliphatic carbocycles. The minimum atomic E-state index is -0.208. The van der Waals surface area contributed by atoms with Gasteiger partial charge in [-0.05, 0) is 50.2 Å². The van der Waals surface area contributed by atoms with Crippen LogP contribution in [0.1, 0.15) is 26.7 Å². The van der Waals surface area contributed by atoms with E-state index in [1.54, 1.807) is 35.6 Å². The lowest BCUT2D eigenvalue weighted by atomic mass is 10.2. The van der Waals surface area contributed by atoms with Gasteiger partial charge in [-0.3, -0.25) is 19.0 Å². The van der Waals surface area contributed by atoms with Crippen LogP contribution in [-0.2, 0) is 32.2 Å². The number of aromatic nitrogens is 4. The zero-order valence-electron chi connectivity index (χ0n) is 19.4. The number of nitrogens with two attached hydrogens (primary N) is 2. The second-order valence-corrected chi connectivity index (χ2v) is 7.48. The number of rotatable bonds is 8. The summed E-state index contributed by atoms with van der Waals surface area (Å²) in [4.78, 5) is 22.5. The van der Waals surface area contributed by atoms with E-state index in [4.69, 9.17) is 20.9 Å². The topological polar surface area (TPSA) is 140 Å². The molecule has 0 radical (unpaired) electrons. The molecule has 0 saturated heterocycles. The number of carbonyl (C=O) groups is 2. The van der Waals surface area contributed by atoms with Crippen LogP contribution < -0.4 is 11.5 Å². The average molecular weight is 467 g/mol. The van der Waals surface area contributed by atoms with Crippen molar-refractivity contribution in [1.29, 1.82) is 0 Å². The van der Waals surface area contributed by atoms with E-state index in [0.717, 1.165) is 21.8 Å². The monoisotopic (exact) mass is 466 g/mol. The van der Waals surface area contributed by atoms with Crippen LogP contribution in [-0.4, -0.2) is 44.7 Å². The molecule has 0 atom stereocenters. The number of ether oxygens (including phenoxy) is 2. The Bertz CT molecular complexity index is 1260. The fraction of sp³-hybridized carbons (Fsp3) is 0.333. The Morgan fingerprint density at radius 3 is 1.91 bits per heavy atom. The normalized spacial score (nSPS) is 10.6. The second kappa shape index (κ2) is 11.7. The standard InChI is InChI=1S/2C12H15N3O2/c1-2-17-12(16)5-6-15-11-4-3-10(13)7-9(11)8-14-15;1-2-17-12(16)5-6-15-11-7-10(13)4-3-9(11)8-14-15/h2*3-4,7-8H,2,5-6,13H2,1H3. The van der Waals surface area contributed by atoms with Crippen molar-refractivity contribution in [3.63, 3.8) is 0 Å². The number of nitrogen functional groups attached to an aromatic ring is 2. The molecule has 0 aliphatic heterocycles. The Kier molecular flexibility index (Phi) is 8.44. The number of carbonyl (C=O) groups excluding carboxylic acids is 2. The van der Waals surface area contributed by atoms with Gasteiger partial charge in [0.25, 0.3) is 0 Å². The lowest BCUT2D eigenvalue weighted by Crippen LogP contribution is -2.09. The number of fused-ring (bicyclic) bond motifs is 2. The summed E-state index contributed by atoms with van der Waals surface area (Å²) in [6, 6.07) is 11.2. The number of esters is 2. The predicted octanol–water partition coefficient (Wildman–Crippen LogP) is 3.14. The van der Waals surface area contributed by atoms with E-state index in [2.05, 4.69) is 10.2 Å². The summed E-state index contributed by atoms with van der Waals surface area (Å²) in [6.45, 7) is 5.44. The Morgan fingerprint density at radius 1 is 0.765 bits per heavy atom. The van der Waals surface area contributed by atoms with E-state index >= 15 is 0 Å². The molecule has 0 saturated carbocycles. The fourth-order valence-corrected chi connectivity index (χ4v) is 3.41. The van der Waals surface area contributed by atoms with Crippen LogP contribution in [0.3, 0.4) is 0 Å². The molecule has 180 valence electrons. The van der Waals surface area contributed by atoms with Gasteiger partial charge in [-0.2, -0.15) is 10.2 Å². The molecule has 10 heteroatoms. The van der Waals surface area contributed by atoms with Gasteiger partial charge in [-0.15, -0.1) is 0 Å². The quantitative estimate of drug-likeness (QED) is 0.298. The van der Waals surface area contributed by atoms with Gasteiger partial charge in [0, 0.05) is 22.1 Å². The molecule has 4 rings (SSSR count). The van der Waals surface area contributed by atoms with Crippen LogP contribution in [0, 0.1) is 0 Å². The molecule has 0 unspecified atom stereocenters. The van der Waals surface area contributed by atoms with Crippen LogP contribution in [0.2, 0.25) is 0 Å². The van der Waals surface area contributed by atoms with Gasteiger partial charge >= 0.3 is 11.9 Å². The highest BCUT2D eigenvalue weighted by Gasteiger charge is 2.07. The first kappa shape index (κ1) is 24.6. The Balaban J connectivity index is 0.000000191. The molecule has 0 aliphatic rings. The molecule has 10 nitrogen and oxygen atoms in total. The number of anilines is 2. The van der Waals surface area contributed by atoms with E-state index in [1.165, 1.54) is 0 Å². The van der Waals surface area contributed by atoms with E-state index in [0.29, 0.717) is 50.5 Å². The van der Waals surface area contributed by atoms with Gasteiger partial charge < -0.3 is 20.9 Å². The molecule has 0 bridgehead atoms. The number of aryl methyl sites for hydroxylation is 2. The summed E-state index contributed by atoms with van der Waals surface area (Å²) in [7, 11) is 0. The predicted molar refractivity (Wildman–Crippen MR) is 131 cm³/mol. The Hall–Kier alpha value is -4.08. The van der Waals surface area contributed by atoms with Gasteiger partial charge in [-0.25, -0.2) is 0 Å². The van der Waals surface area contributed by atoms with E-state index in [1.807, 2.05) is 36.4 Å². The van der Waals surface area contributed by atoms with Crippen molar-refractivity contribution in [2.24, 2.45) is 0 Å². The lowest BCUT2D eigenvalue weighted by molar-refractivity contribution is -0.144. The van der Waals surface area contributed by atoms with Gasteiger partial charge in [0.05, 0.1) is 62.6 Å². The summed E-state index contributed by atoms with van der Waals surface area (Å²) in [6.07, 6.45) is 4.16. The number of hydrogen-bond acceptors (Lipinski definition) is 8. The summed E-state index contributed by atoms with van der Waals surface area (Å²) < 4.78 is 13.3. The highest BCUT2D eigenvalue weighted by Crippen LogP contribution is 2.18. The fourth-order valence-electron chi connectivity index (χ4n) is 3.41. The molecule has 4 aromatic rings. The number of benzene rings is 2. The Labute approximate surface area is 197 Å². The highest BCUT2D eigenvalue weighted by molar-refractivity contribution is 5.82. The van der Waals surface area contributed by atoms with Crippen LogP contribution in [0.25, 0.3) is 21.8 Å². The largest absolute Gasteiger partial charge is 0.466 e. The van der Waals surface area contributed by atoms with Crippen molar-refractivity contribution in [2.45, 2.75) is 39.8 Å². The first-order valence-corrected chi connectivity index (χ1v) is 11.1.